The molecule has 12 heteroatoms. The molecule has 2 aromatic heterocycles. The van der Waals surface area contributed by atoms with Crippen LogP contribution in [0.1, 0.15) is 30.5 Å². The number of aromatic nitrogens is 4. The first-order valence-electron chi connectivity index (χ1n) is 11.9. The van der Waals surface area contributed by atoms with E-state index in [1.165, 1.54) is 36.5 Å². The first-order chi connectivity index (χ1) is 18.0. The number of imidazole rings is 1. The second-order valence-corrected chi connectivity index (χ2v) is 9.43. The topological polar surface area (TPSA) is 80.3 Å². The van der Waals surface area contributed by atoms with Gasteiger partial charge in [0.15, 0.2) is 27.8 Å². The second kappa shape index (κ2) is 11.0. The summed E-state index contributed by atoms with van der Waals surface area (Å²) in [4.78, 5) is 30.3. The molecule has 0 saturated carbocycles. The van der Waals surface area contributed by atoms with Gasteiger partial charge in [-0.1, -0.05) is 36.0 Å². The highest BCUT2D eigenvalue weighted by Crippen LogP contribution is 2.33. The highest BCUT2D eigenvalue weighted by Gasteiger charge is 2.30. The molecule has 0 atom stereocenters. The van der Waals surface area contributed by atoms with Crippen LogP contribution in [-0.4, -0.2) is 31.9 Å². The quantitative estimate of drug-likeness (QED) is 0.285. The van der Waals surface area contributed by atoms with Gasteiger partial charge in [0.2, 0.25) is 0 Å². The molecular formula is C26H27F3N4O4S. The average Bonchev–Trinajstić information content (AvgIpc) is 3.24. The smallest absolute Gasteiger partial charge is 0.416 e. The molecule has 202 valence electrons. The molecule has 0 N–H and O–H groups in total. The Kier molecular flexibility index (Phi) is 7.91. The average molecular weight is 549 g/mol. The monoisotopic (exact) mass is 548 g/mol. The Labute approximate surface area is 220 Å². The molecule has 4 rings (SSSR count). The number of fused-ring (bicyclic) bond motifs is 1. The Morgan fingerprint density at radius 1 is 0.921 bits per heavy atom. The van der Waals surface area contributed by atoms with Gasteiger partial charge in [0.1, 0.15) is 0 Å². The summed E-state index contributed by atoms with van der Waals surface area (Å²) in [6, 6.07) is 10.5. The molecule has 0 saturated heterocycles. The predicted molar refractivity (Wildman–Crippen MR) is 139 cm³/mol. The van der Waals surface area contributed by atoms with E-state index in [4.69, 9.17) is 9.47 Å². The van der Waals surface area contributed by atoms with Crippen molar-refractivity contribution in [3.8, 4) is 11.5 Å². The van der Waals surface area contributed by atoms with Gasteiger partial charge in [0, 0.05) is 19.8 Å². The lowest BCUT2D eigenvalue weighted by Gasteiger charge is -2.14. The van der Waals surface area contributed by atoms with Gasteiger partial charge in [-0.05, 0) is 43.2 Å². The Morgan fingerprint density at radius 2 is 1.63 bits per heavy atom. The van der Waals surface area contributed by atoms with Gasteiger partial charge < -0.3 is 14.0 Å². The molecule has 0 spiro atoms. The van der Waals surface area contributed by atoms with Gasteiger partial charge in [0.05, 0.1) is 25.3 Å². The van der Waals surface area contributed by atoms with Gasteiger partial charge >= 0.3 is 11.9 Å². The summed E-state index contributed by atoms with van der Waals surface area (Å²) in [6.07, 6.45) is -4.45. The van der Waals surface area contributed by atoms with Crippen LogP contribution < -0.4 is 20.7 Å². The Bertz CT molecular complexity index is 1590. The van der Waals surface area contributed by atoms with E-state index in [0.717, 1.165) is 22.3 Å². The third-order valence-electron chi connectivity index (χ3n) is 5.88. The number of ether oxygens (including phenoxy) is 2. The molecule has 0 radical (unpaired) electrons. The van der Waals surface area contributed by atoms with E-state index in [1.807, 2.05) is 26.0 Å². The van der Waals surface area contributed by atoms with Crippen molar-refractivity contribution < 1.29 is 22.6 Å². The zero-order chi connectivity index (χ0) is 27.6. The van der Waals surface area contributed by atoms with Gasteiger partial charge in [0.25, 0.3) is 5.56 Å². The summed E-state index contributed by atoms with van der Waals surface area (Å²) in [5.41, 5.74) is -0.136. The fraction of sp³-hybridized carbons (Fsp3) is 0.346. The lowest BCUT2D eigenvalue weighted by molar-refractivity contribution is -0.137. The lowest BCUT2D eigenvalue weighted by atomic mass is 10.1. The molecule has 0 fully saturated rings. The lowest BCUT2D eigenvalue weighted by Crippen LogP contribution is -2.37. The van der Waals surface area contributed by atoms with E-state index in [2.05, 4.69) is 4.98 Å². The van der Waals surface area contributed by atoms with Crippen molar-refractivity contribution in [1.29, 1.82) is 0 Å². The van der Waals surface area contributed by atoms with Crippen LogP contribution in [0.5, 0.6) is 11.5 Å². The van der Waals surface area contributed by atoms with E-state index >= 15 is 0 Å². The number of hydrogen-bond acceptors (Lipinski definition) is 6. The first-order valence-corrected chi connectivity index (χ1v) is 12.9. The van der Waals surface area contributed by atoms with Crippen LogP contribution in [0.3, 0.4) is 0 Å². The Morgan fingerprint density at radius 3 is 2.32 bits per heavy atom. The van der Waals surface area contributed by atoms with Crippen LogP contribution >= 0.6 is 11.8 Å². The molecule has 38 heavy (non-hydrogen) atoms. The number of thioether (sulfide) groups is 1. The van der Waals surface area contributed by atoms with Crippen molar-refractivity contribution in [2.75, 3.05) is 13.2 Å². The van der Waals surface area contributed by atoms with Crippen LogP contribution in [0.15, 0.2) is 57.2 Å². The van der Waals surface area contributed by atoms with Crippen molar-refractivity contribution in [3.63, 3.8) is 0 Å². The maximum Gasteiger partial charge on any atom is 0.416 e. The van der Waals surface area contributed by atoms with E-state index in [1.54, 1.807) is 16.7 Å². The number of aryl methyl sites for hydroxylation is 1. The number of hydrogen-bond donors (Lipinski definition) is 0. The predicted octanol–water partition coefficient (Wildman–Crippen LogP) is 4.59. The minimum atomic E-state index is -4.45. The number of alkyl halides is 3. The molecule has 0 aliphatic rings. The molecule has 0 aliphatic heterocycles. The molecule has 8 nitrogen and oxygen atoms in total. The fourth-order valence-electron chi connectivity index (χ4n) is 4.05. The molecule has 4 aromatic rings. The first kappa shape index (κ1) is 27.4. The summed E-state index contributed by atoms with van der Waals surface area (Å²) in [6.45, 7) is 4.83. The number of benzene rings is 2. The maximum absolute atomic E-state index is 13.2. The van der Waals surface area contributed by atoms with Crippen LogP contribution in [0.4, 0.5) is 13.2 Å². The van der Waals surface area contributed by atoms with Gasteiger partial charge in [-0.25, -0.2) is 9.78 Å². The normalized spacial score (nSPS) is 11.8. The van der Waals surface area contributed by atoms with Crippen molar-refractivity contribution in [2.45, 2.75) is 37.5 Å². The van der Waals surface area contributed by atoms with Crippen molar-refractivity contribution in [2.24, 2.45) is 14.1 Å². The Hall–Kier alpha value is -3.67. The molecule has 0 amide bonds. The van der Waals surface area contributed by atoms with E-state index in [9.17, 15) is 22.8 Å². The van der Waals surface area contributed by atoms with Gasteiger partial charge in [-0.15, -0.1) is 0 Å². The van der Waals surface area contributed by atoms with Crippen molar-refractivity contribution >= 4 is 22.9 Å². The number of halogens is 3. The highest BCUT2D eigenvalue weighted by molar-refractivity contribution is 7.98. The maximum atomic E-state index is 13.2. The Balaban J connectivity index is 1.79. The van der Waals surface area contributed by atoms with Crippen molar-refractivity contribution in [3.05, 3.63) is 80.0 Å². The van der Waals surface area contributed by atoms with E-state index in [0.29, 0.717) is 35.4 Å². The minimum Gasteiger partial charge on any atom is -0.490 e. The molecular weight excluding hydrogens is 521 g/mol. The fourth-order valence-corrected chi connectivity index (χ4v) is 4.98. The zero-order valence-corrected chi connectivity index (χ0v) is 22.2. The summed E-state index contributed by atoms with van der Waals surface area (Å²) in [5.74, 6) is 1.32. The summed E-state index contributed by atoms with van der Waals surface area (Å²) >= 11 is 1.18. The van der Waals surface area contributed by atoms with Crippen LogP contribution in [-0.2, 0) is 32.6 Å². The number of rotatable bonds is 9. The standard InChI is InChI=1S/C26H27F3N4O4S/c1-5-36-19-11-10-16(13-20(19)37-6-2)14-33-21-22(31(3)25(35)32(4)23(21)34)30-24(33)38-15-17-8-7-9-18(12-17)26(27,28)29/h7-13H,5-6,14-15H2,1-4H3. The molecule has 0 bridgehead atoms. The van der Waals surface area contributed by atoms with E-state index in [-0.39, 0.29) is 23.5 Å². The molecule has 0 aliphatic carbocycles. The SMILES string of the molecule is CCOc1ccc(Cn2c(SCc3cccc(C(F)(F)F)c3)nc3c2c(=O)n(C)c(=O)n3C)cc1OCC. The van der Waals surface area contributed by atoms with E-state index < -0.39 is 23.0 Å². The summed E-state index contributed by atoms with van der Waals surface area (Å²) in [5, 5.41) is 0.391. The van der Waals surface area contributed by atoms with Crippen LogP contribution in [0, 0.1) is 0 Å². The number of nitrogens with zero attached hydrogens (tertiary/aromatic N) is 4. The van der Waals surface area contributed by atoms with Crippen molar-refractivity contribution in [1.82, 2.24) is 18.7 Å². The zero-order valence-electron chi connectivity index (χ0n) is 21.3. The molecule has 0 unspecified atom stereocenters. The second-order valence-electron chi connectivity index (χ2n) is 8.49. The van der Waals surface area contributed by atoms with Crippen LogP contribution in [0.2, 0.25) is 0 Å². The highest BCUT2D eigenvalue weighted by atomic mass is 32.2. The van der Waals surface area contributed by atoms with Crippen LogP contribution in [0.25, 0.3) is 11.2 Å². The third-order valence-corrected chi connectivity index (χ3v) is 6.93. The third kappa shape index (κ3) is 5.45. The molecule has 2 heterocycles. The largest absolute Gasteiger partial charge is 0.490 e. The summed E-state index contributed by atoms with van der Waals surface area (Å²) in [7, 11) is 2.91. The molecule has 2 aromatic carbocycles. The minimum absolute atomic E-state index is 0.176. The van der Waals surface area contributed by atoms with Gasteiger partial charge in [-0.3, -0.25) is 13.9 Å². The van der Waals surface area contributed by atoms with Gasteiger partial charge in [-0.2, -0.15) is 13.2 Å². The summed E-state index contributed by atoms with van der Waals surface area (Å²) < 4.78 is 54.9.